The molecule has 12 heteroatoms. The van der Waals surface area contributed by atoms with Crippen molar-refractivity contribution >= 4 is 23.9 Å². The Balaban J connectivity index is 1.53. The molecule has 1 saturated heterocycles. The summed E-state index contributed by atoms with van der Waals surface area (Å²) in [6.07, 6.45) is -2.73. The number of rotatable bonds is 11. The minimum absolute atomic E-state index is 0.0648. The summed E-state index contributed by atoms with van der Waals surface area (Å²) in [6.45, 7) is 9.89. The van der Waals surface area contributed by atoms with Crippen LogP contribution >= 0.6 is 0 Å². The van der Waals surface area contributed by atoms with Crippen molar-refractivity contribution < 1.29 is 37.4 Å². The highest BCUT2D eigenvalue weighted by atomic mass is 19.4. The SMILES string of the molecule is C=CCCC(C)(C)CN(C[C@@]12C[C@@H](C(=O)Nc3nc(C(F)(F)F)ccc3C)N(C(=O)O)[C@@H]1C2)C(=O)OCc1ccccc1. The number of hydrogen-bond donors (Lipinski definition) is 2. The second-order valence-corrected chi connectivity index (χ2v) is 12.2. The largest absolute Gasteiger partial charge is 0.465 e. The van der Waals surface area contributed by atoms with Gasteiger partial charge in [-0.3, -0.25) is 9.69 Å². The van der Waals surface area contributed by atoms with Crippen LogP contribution in [0.1, 0.15) is 56.4 Å². The number of carboxylic acid groups (broad SMARTS) is 1. The van der Waals surface area contributed by atoms with E-state index in [2.05, 4.69) is 16.9 Å². The number of nitrogens with zero attached hydrogens (tertiary/aromatic N) is 3. The van der Waals surface area contributed by atoms with Crippen LogP contribution in [0.15, 0.2) is 55.1 Å². The maximum Gasteiger partial charge on any atom is 0.433 e. The molecule has 43 heavy (non-hydrogen) atoms. The molecule has 2 heterocycles. The third-order valence-corrected chi connectivity index (χ3v) is 8.18. The third kappa shape index (κ3) is 7.47. The highest BCUT2D eigenvalue weighted by molar-refractivity contribution is 5.97. The molecule has 0 bridgehead atoms. The molecule has 2 aliphatic rings. The number of piperidine rings is 1. The molecule has 3 amide bonds. The Labute approximate surface area is 248 Å². The zero-order chi connectivity index (χ0) is 31.6. The van der Waals surface area contributed by atoms with Gasteiger partial charge in [0.15, 0.2) is 0 Å². The molecule has 1 saturated carbocycles. The van der Waals surface area contributed by atoms with Gasteiger partial charge in [-0.15, -0.1) is 6.58 Å². The number of halogens is 3. The van der Waals surface area contributed by atoms with Crippen LogP contribution in [-0.2, 0) is 22.3 Å². The minimum atomic E-state index is -4.71. The lowest BCUT2D eigenvalue weighted by molar-refractivity contribution is -0.141. The van der Waals surface area contributed by atoms with Crippen LogP contribution in [0.2, 0.25) is 0 Å². The number of aryl methyl sites for hydroxylation is 1. The van der Waals surface area contributed by atoms with Crippen molar-refractivity contribution in [2.75, 3.05) is 18.4 Å². The zero-order valence-electron chi connectivity index (χ0n) is 24.5. The quantitative estimate of drug-likeness (QED) is 0.285. The smallest absolute Gasteiger partial charge is 0.433 e. The van der Waals surface area contributed by atoms with Gasteiger partial charge in [0.25, 0.3) is 0 Å². The van der Waals surface area contributed by atoms with Crippen molar-refractivity contribution in [1.29, 1.82) is 0 Å². The van der Waals surface area contributed by atoms with Crippen LogP contribution in [0.4, 0.5) is 28.6 Å². The molecule has 4 rings (SSSR count). The molecule has 0 radical (unpaired) electrons. The van der Waals surface area contributed by atoms with Crippen molar-refractivity contribution in [3.05, 3.63) is 71.9 Å². The maximum absolute atomic E-state index is 13.4. The fraction of sp³-hybridized carbons (Fsp3) is 0.484. The highest BCUT2D eigenvalue weighted by Crippen LogP contribution is 2.60. The van der Waals surface area contributed by atoms with E-state index in [1.165, 1.54) is 13.0 Å². The lowest BCUT2D eigenvalue weighted by Gasteiger charge is -2.34. The molecule has 232 valence electrons. The van der Waals surface area contributed by atoms with E-state index in [9.17, 15) is 32.7 Å². The standard InChI is InChI=1S/C31H37F3N4O5/c1-5-6-14-29(3,4)18-37(28(42)43-17-21-10-8-7-9-11-21)19-30-15-22(38(27(40)41)24(30)16-30)26(39)36-25-20(2)12-13-23(35-25)31(32,33)34/h5,7-13,22,24H,1,6,14-19H2,2-4H3,(H,40,41)(H,35,36,39)/t22-,24+,30-/m0/s1. The molecule has 1 aromatic heterocycles. The number of hydrogen-bond acceptors (Lipinski definition) is 5. The Morgan fingerprint density at radius 3 is 2.51 bits per heavy atom. The molecule has 2 N–H and O–H groups in total. The van der Waals surface area contributed by atoms with E-state index in [0.717, 1.165) is 29.4 Å². The number of fused-ring (bicyclic) bond motifs is 1. The van der Waals surface area contributed by atoms with E-state index in [1.807, 2.05) is 44.2 Å². The van der Waals surface area contributed by atoms with Gasteiger partial charge >= 0.3 is 18.4 Å². The van der Waals surface area contributed by atoms with Gasteiger partial charge in [0.1, 0.15) is 24.2 Å². The summed E-state index contributed by atoms with van der Waals surface area (Å²) < 4.78 is 45.3. The number of nitrogens with one attached hydrogen (secondary N) is 1. The van der Waals surface area contributed by atoms with E-state index in [1.54, 1.807) is 11.0 Å². The third-order valence-electron chi connectivity index (χ3n) is 8.18. The summed E-state index contributed by atoms with van der Waals surface area (Å²) in [5.41, 5.74) is -1.06. The molecule has 1 aliphatic carbocycles. The minimum Gasteiger partial charge on any atom is -0.465 e. The first-order valence-electron chi connectivity index (χ1n) is 14.1. The number of allylic oxidation sites excluding steroid dienone is 1. The van der Waals surface area contributed by atoms with Crippen molar-refractivity contribution in [3.8, 4) is 0 Å². The average Bonchev–Trinajstić information content (AvgIpc) is 3.52. The Hall–Kier alpha value is -4.09. The number of carbonyl (C=O) groups excluding carboxylic acids is 2. The lowest BCUT2D eigenvalue weighted by atomic mass is 9.86. The van der Waals surface area contributed by atoms with Crippen molar-refractivity contribution in [1.82, 2.24) is 14.8 Å². The normalized spacial score (nSPS) is 21.1. The molecule has 3 atom stereocenters. The summed E-state index contributed by atoms with van der Waals surface area (Å²) in [5.74, 6) is -1.05. The molecule has 0 unspecified atom stereocenters. The monoisotopic (exact) mass is 602 g/mol. The zero-order valence-corrected chi connectivity index (χ0v) is 24.5. The van der Waals surface area contributed by atoms with Crippen LogP contribution in [0.3, 0.4) is 0 Å². The Morgan fingerprint density at radius 2 is 1.88 bits per heavy atom. The molecule has 9 nitrogen and oxygen atoms in total. The van der Waals surface area contributed by atoms with E-state index in [-0.39, 0.29) is 30.8 Å². The van der Waals surface area contributed by atoms with Crippen molar-refractivity contribution in [3.63, 3.8) is 0 Å². The molecule has 1 aliphatic heterocycles. The number of carbonyl (C=O) groups is 3. The second kappa shape index (κ2) is 12.3. The summed E-state index contributed by atoms with van der Waals surface area (Å²) >= 11 is 0. The van der Waals surface area contributed by atoms with E-state index in [0.29, 0.717) is 18.5 Å². The van der Waals surface area contributed by atoms with Crippen molar-refractivity contribution in [2.24, 2.45) is 10.8 Å². The number of alkyl halides is 3. The number of ether oxygens (including phenoxy) is 1. The number of benzene rings is 1. The summed E-state index contributed by atoms with van der Waals surface area (Å²) in [5, 5.41) is 12.4. The maximum atomic E-state index is 13.4. The van der Waals surface area contributed by atoms with Gasteiger partial charge < -0.3 is 20.1 Å². The highest BCUT2D eigenvalue weighted by Gasteiger charge is 2.68. The van der Waals surface area contributed by atoms with Crippen LogP contribution in [0.25, 0.3) is 0 Å². The first kappa shape index (κ1) is 31.8. The van der Waals surface area contributed by atoms with E-state index < -0.39 is 47.5 Å². The van der Waals surface area contributed by atoms with Crippen LogP contribution < -0.4 is 5.32 Å². The predicted octanol–water partition coefficient (Wildman–Crippen LogP) is 6.49. The topological polar surface area (TPSA) is 112 Å². The van der Waals surface area contributed by atoms with Gasteiger partial charge in [-0.1, -0.05) is 56.3 Å². The first-order valence-corrected chi connectivity index (χ1v) is 14.1. The Kier molecular flexibility index (Phi) is 9.08. The summed E-state index contributed by atoms with van der Waals surface area (Å²) in [7, 11) is 0. The van der Waals surface area contributed by atoms with Crippen molar-refractivity contribution in [2.45, 2.75) is 71.3 Å². The van der Waals surface area contributed by atoms with E-state index in [4.69, 9.17) is 4.74 Å². The van der Waals surface area contributed by atoms with Gasteiger partial charge in [-0.05, 0) is 55.2 Å². The number of pyridine rings is 1. The first-order chi connectivity index (χ1) is 20.2. The van der Waals surface area contributed by atoms with Gasteiger partial charge in [0.05, 0.1) is 0 Å². The second-order valence-electron chi connectivity index (χ2n) is 12.2. The van der Waals surface area contributed by atoms with Gasteiger partial charge in [0, 0.05) is 24.5 Å². The van der Waals surface area contributed by atoms with E-state index >= 15 is 0 Å². The molecular weight excluding hydrogens is 565 g/mol. The number of aromatic nitrogens is 1. The van der Waals surface area contributed by atoms with Crippen LogP contribution in [-0.4, -0.2) is 63.2 Å². The Bertz CT molecular complexity index is 1370. The number of amides is 3. The summed E-state index contributed by atoms with van der Waals surface area (Å²) in [6, 6.07) is 9.54. The molecule has 2 aromatic rings. The predicted molar refractivity (Wildman–Crippen MR) is 153 cm³/mol. The van der Waals surface area contributed by atoms with Gasteiger partial charge in [-0.2, -0.15) is 13.2 Å². The fourth-order valence-corrected chi connectivity index (χ4v) is 5.84. The van der Waals surface area contributed by atoms with Crippen LogP contribution in [0, 0.1) is 17.8 Å². The van der Waals surface area contributed by atoms with Gasteiger partial charge in [0.2, 0.25) is 5.91 Å². The number of anilines is 1. The fourth-order valence-electron chi connectivity index (χ4n) is 5.84. The summed E-state index contributed by atoms with van der Waals surface area (Å²) in [4.78, 5) is 45.2. The molecule has 0 spiro atoms. The lowest BCUT2D eigenvalue weighted by Crippen LogP contribution is -2.45. The molecule has 1 aromatic carbocycles. The van der Waals surface area contributed by atoms with Crippen LogP contribution in [0.5, 0.6) is 0 Å². The van der Waals surface area contributed by atoms with Gasteiger partial charge in [-0.25, -0.2) is 14.6 Å². The average molecular weight is 603 g/mol. The number of likely N-dealkylation sites (tertiary alicyclic amines) is 1. The molecule has 2 fully saturated rings. The molecular formula is C31H37F3N4O5. The Morgan fingerprint density at radius 1 is 1.19 bits per heavy atom.